The second kappa shape index (κ2) is 5.13. The Bertz CT molecular complexity index is 758. The maximum absolute atomic E-state index is 13.2. The molecule has 0 aliphatic rings. The zero-order valence-electron chi connectivity index (χ0n) is 11.1. The molecule has 6 heteroatoms. The van der Waals surface area contributed by atoms with Gasteiger partial charge in [0.05, 0.1) is 11.4 Å². The molecule has 0 unspecified atom stereocenters. The van der Waals surface area contributed by atoms with E-state index in [0.29, 0.717) is 5.69 Å². The predicted molar refractivity (Wildman–Crippen MR) is 77.5 cm³/mol. The Balaban J connectivity index is 2.43. The van der Waals surface area contributed by atoms with Gasteiger partial charge in [0.25, 0.3) is 10.0 Å². The number of hydrogen-bond donors (Lipinski definition) is 2. The fourth-order valence-electron chi connectivity index (χ4n) is 1.87. The molecule has 0 radical (unpaired) electrons. The van der Waals surface area contributed by atoms with Crippen LogP contribution < -0.4 is 10.5 Å². The highest BCUT2D eigenvalue weighted by Crippen LogP contribution is 2.24. The van der Waals surface area contributed by atoms with E-state index < -0.39 is 15.8 Å². The molecule has 106 valence electrons. The van der Waals surface area contributed by atoms with Crippen LogP contribution >= 0.6 is 0 Å². The van der Waals surface area contributed by atoms with Crippen molar-refractivity contribution in [2.75, 3.05) is 10.5 Å². The van der Waals surface area contributed by atoms with Gasteiger partial charge >= 0.3 is 0 Å². The monoisotopic (exact) mass is 294 g/mol. The van der Waals surface area contributed by atoms with E-state index >= 15 is 0 Å². The third-order valence-corrected chi connectivity index (χ3v) is 4.31. The van der Waals surface area contributed by atoms with Gasteiger partial charge in [-0.25, -0.2) is 12.8 Å². The van der Waals surface area contributed by atoms with Gasteiger partial charge in [-0.15, -0.1) is 0 Å². The van der Waals surface area contributed by atoms with Crippen LogP contribution in [0.2, 0.25) is 0 Å². The zero-order chi connectivity index (χ0) is 14.9. The average Bonchev–Trinajstić information content (AvgIpc) is 2.35. The van der Waals surface area contributed by atoms with Crippen LogP contribution in [0.3, 0.4) is 0 Å². The van der Waals surface area contributed by atoms with Gasteiger partial charge in [0.2, 0.25) is 0 Å². The first-order valence-corrected chi connectivity index (χ1v) is 7.43. The first-order valence-electron chi connectivity index (χ1n) is 5.95. The number of halogens is 1. The van der Waals surface area contributed by atoms with Gasteiger partial charge < -0.3 is 5.73 Å². The number of rotatable bonds is 3. The maximum Gasteiger partial charge on any atom is 0.264 e. The zero-order valence-corrected chi connectivity index (χ0v) is 12.0. The standard InChI is InChI=1S/C14H15FN2O2S/c1-9-3-6-13(10(2)7-9)17-20(18,19)14-8-11(15)4-5-12(14)16/h3-8,17H,16H2,1-2H3. The molecule has 0 amide bonds. The Morgan fingerprint density at radius 3 is 2.45 bits per heavy atom. The van der Waals surface area contributed by atoms with Crippen LogP contribution in [-0.4, -0.2) is 8.42 Å². The molecule has 0 atom stereocenters. The highest BCUT2D eigenvalue weighted by molar-refractivity contribution is 7.92. The minimum atomic E-state index is -3.92. The van der Waals surface area contributed by atoms with Crippen LogP contribution in [0.5, 0.6) is 0 Å². The summed E-state index contributed by atoms with van der Waals surface area (Å²) in [5, 5.41) is 0. The van der Waals surface area contributed by atoms with Gasteiger partial charge in [-0.2, -0.15) is 0 Å². The molecule has 0 saturated heterocycles. The lowest BCUT2D eigenvalue weighted by molar-refractivity contribution is 0.596. The Morgan fingerprint density at radius 2 is 1.80 bits per heavy atom. The normalized spacial score (nSPS) is 11.3. The fraction of sp³-hybridized carbons (Fsp3) is 0.143. The van der Waals surface area contributed by atoms with Crippen molar-refractivity contribution in [2.24, 2.45) is 0 Å². The molecule has 0 spiro atoms. The van der Waals surface area contributed by atoms with Crippen LogP contribution in [0, 0.1) is 19.7 Å². The lowest BCUT2D eigenvalue weighted by Crippen LogP contribution is -2.15. The molecular formula is C14H15FN2O2S. The van der Waals surface area contributed by atoms with Crippen molar-refractivity contribution in [2.45, 2.75) is 18.7 Å². The molecular weight excluding hydrogens is 279 g/mol. The van der Waals surface area contributed by atoms with Gasteiger partial charge in [-0.05, 0) is 43.7 Å². The van der Waals surface area contributed by atoms with Crippen LogP contribution in [-0.2, 0) is 10.0 Å². The highest BCUT2D eigenvalue weighted by atomic mass is 32.2. The van der Waals surface area contributed by atoms with E-state index in [1.54, 1.807) is 19.1 Å². The number of anilines is 2. The van der Waals surface area contributed by atoms with Gasteiger partial charge in [-0.3, -0.25) is 4.72 Å². The highest BCUT2D eigenvalue weighted by Gasteiger charge is 2.19. The van der Waals surface area contributed by atoms with Crippen molar-refractivity contribution < 1.29 is 12.8 Å². The Morgan fingerprint density at radius 1 is 1.10 bits per heavy atom. The molecule has 0 bridgehead atoms. The van der Waals surface area contributed by atoms with E-state index in [4.69, 9.17) is 5.73 Å². The number of nitrogens with two attached hydrogens (primary N) is 1. The molecule has 4 nitrogen and oxygen atoms in total. The Kier molecular flexibility index (Phi) is 3.67. The maximum atomic E-state index is 13.2. The summed E-state index contributed by atoms with van der Waals surface area (Å²) < 4.78 is 40.1. The average molecular weight is 294 g/mol. The van der Waals surface area contributed by atoms with E-state index in [2.05, 4.69) is 4.72 Å². The molecule has 2 rings (SSSR count). The number of hydrogen-bond acceptors (Lipinski definition) is 3. The topological polar surface area (TPSA) is 72.2 Å². The van der Waals surface area contributed by atoms with Crippen LogP contribution in [0.4, 0.5) is 15.8 Å². The van der Waals surface area contributed by atoms with Crippen molar-refractivity contribution >= 4 is 21.4 Å². The summed E-state index contributed by atoms with van der Waals surface area (Å²) in [6.45, 7) is 3.70. The Labute approximate surface area is 117 Å². The molecule has 2 aromatic rings. The van der Waals surface area contributed by atoms with Gasteiger partial charge in [-0.1, -0.05) is 17.7 Å². The minimum Gasteiger partial charge on any atom is -0.398 e. The van der Waals surface area contributed by atoms with Crippen molar-refractivity contribution in [1.82, 2.24) is 0 Å². The van der Waals surface area contributed by atoms with Crippen molar-refractivity contribution in [3.05, 3.63) is 53.3 Å². The number of nitrogens with one attached hydrogen (secondary N) is 1. The van der Waals surface area contributed by atoms with E-state index in [-0.39, 0.29) is 10.6 Å². The molecule has 3 N–H and O–H groups in total. The summed E-state index contributed by atoms with van der Waals surface area (Å²) in [5.41, 5.74) is 7.86. The lowest BCUT2D eigenvalue weighted by atomic mass is 10.1. The molecule has 0 aliphatic heterocycles. The van der Waals surface area contributed by atoms with Crippen molar-refractivity contribution in [3.63, 3.8) is 0 Å². The van der Waals surface area contributed by atoms with Crippen LogP contribution in [0.25, 0.3) is 0 Å². The second-order valence-corrected chi connectivity index (χ2v) is 6.26. The molecule has 0 aromatic heterocycles. The van der Waals surface area contributed by atoms with Crippen molar-refractivity contribution in [3.8, 4) is 0 Å². The van der Waals surface area contributed by atoms with Crippen molar-refractivity contribution in [1.29, 1.82) is 0 Å². The molecule has 0 heterocycles. The van der Waals surface area contributed by atoms with E-state index in [0.717, 1.165) is 23.3 Å². The summed E-state index contributed by atoms with van der Waals surface area (Å²) in [4.78, 5) is -0.266. The summed E-state index contributed by atoms with van der Waals surface area (Å²) in [6.07, 6.45) is 0. The number of aryl methyl sites for hydroxylation is 2. The smallest absolute Gasteiger partial charge is 0.264 e. The SMILES string of the molecule is Cc1ccc(NS(=O)(=O)c2cc(F)ccc2N)c(C)c1. The number of sulfonamides is 1. The Hall–Kier alpha value is -2.08. The first kappa shape index (κ1) is 14.3. The summed E-state index contributed by atoms with van der Waals surface area (Å²) >= 11 is 0. The third kappa shape index (κ3) is 2.91. The van der Waals surface area contributed by atoms with Crippen LogP contribution in [0.15, 0.2) is 41.3 Å². The van der Waals surface area contributed by atoms with E-state index in [9.17, 15) is 12.8 Å². The molecule has 0 saturated carbocycles. The molecule has 0 fully saturated rings. The fourth-order valence-corrected chi connectivity index (χ4v) is 3.14. The third-order valence-electron chi connectivity index (χ3n) is 2.89. The second-order valence-electron chi connectivity index (χ2n) is 4.61. The van der Waals surface area contributed by atoms with Gasteiger partial charge in [0.1, 0.15) is 10.7 Å². The van der Waals surface area contributed by atoms with E-state index in [1.165, 1.54) is 6.07 Å². The molecule has 2 aromatic carbocycles. The number of nitrogen functional groups attached to an aromatic ring is 1. The summed E-state index contributed by atoms with van der Waals surface area (Å²) in [7, 11) is -3.92. The predicted octanol–water partition coefficient (Wildman–Crippen LogP) is 2.83. The largest absolute Gasteiger partial charge is 0.398 e. The van der Waals surface area contributed by atoms with Gasteiger partial charge in [0.15, 0.2) is 0 Å². The molecule has 0 aliphatic carbocycles. The van der Waals surface area contributed by atoms with Gasteiger partial charge in [0, 0.05) is 0 Å². The number of benzene rings is 2. The molecule has 20 heavy (non-hydrogen) atoms. The quantitative estimate of drug-likeness (QED) is 0.855. The minimum absolute atomic E-state index is 0.00339. The lowest BCUT2D eigenvalue weighted by Gasteiger charge is -2.12. The van der Waals surface area contributed by atoms with Crippen LogP contribution in [0.1, 0.15) is 11.1 Å². The first-order chi connectivity index (χ1) is 9.29. The summed E-state index contributed by atoms with van der Waals surface area (Å²) in [6, 6.07) is 8.56. The van der Waals surface area contributed by atoms with E-state index in [1.807, 2.05) is 13.0 Å². The summed E-state index contributed by atoms with van der Waals surface area (Å²) in [5.74, 6) is -0.653.